The molecule has 5 rings (SSSR count). The summed E-state index contributed by atoms with van der Waals surface area (Å²) in [6.07, 6.45) is 7.00. The Morgan fingerprint density at radius 1 is 1.26 bits per heavy atom. The molecule has 27 heavy (non-hydrogen) atoms. The van der Waals surface area contributed by atoms with Crippen LogP contribution in [0.15, 0.2) is 24.4 Å². The van der Waals surface area contributed by atoms with Gasteiger partial charge in [0.2, 0.25) is 0 Å². The number of nitrogens with one attached hydrogen (secondary N) is 2. The van der Waals surface area contributed by atoms with E-state index in [0.29, 0.717) is 0 Å². The number of imidazole rings is 1. The monoisotopic (exact) mass is 366 g/mol. The zero-order valence-electron chi connectivity index (χ0n) is 16.1. The van der Waals surface area contributed by atoms with Gasteiger partial charge in [0.15, 0.2) is 5.65 Å². The van der Waals surface area contributed by atoms with Gasteiger partial charge in [-0.3, -0.25) is 5.10 Å². The maximum absolute atomic E-state index is 10.7. The molecule has 2 fully saturated rings. The molecule has 2 aliphatic carbocycles. The lowest BCUT2D eigenvalue weighted by atomic mass is 9.37. The van der Waals surface area contributed by atoms with E-state index in [1.807, 2.05) is 42.8 Å². The predicted molar refractivity (Wildman–Crippen MR) is 103 cm³/mol. The Hall–Kier alpha value is -2.41. The van der Waals surface area contributed by atoms with Crippen molar-refractivity contribution in [2.24, 2.45) is 5.41 Å². The molecule has 0 aliphatic heterocycles. The van der Waals surface area contributed by atoms with Crippen molar-refractivity contribution in [2.45, 2.75) is 64.0 Å². The molecule has 0 radical (unpaired) electrons. The average Bonchev–Trinajstić information content (AvgIpc) is 3.25. The van der Waals surface area contributed by atoms with Gasteiger partial charge in [-0.25, -0.2) is 9.50 Å². The molecule has 0 spiro atoms. The minimum absolute atomic E-state index is 0.0472. The third-order valence-corrected chi connectivity index (χ3v) is 7.05. The van der Waals surface area contributed by atoms with Gasteiger partial charge in [-0.1, -0.05) is 6.92 Å². The molecule has 3 N–H and O–H groups in total. The molecule has 3 aromatic rings. The van der Waals surface area contributed by atoms with Crippen molar-refractivity contribution in [2.75, 3.05) is 5.32 Å². The molecule has 3 heterocycles. The molecular weight excluding hydrogens is 340 g/mol. The lowest BCUT2D eigenvalue weighted by molar-refractivity contribution is -0.210. The number of H-pyrrole nitrogens is 1. The normalized spacial score (nSPS) is 27.1. The SMILES string of the molecule is CCc1cc(-c2cnc3ccc(NC45CCC4(C(C)(C)O)CC5)nn23)n[nH]1. The number of hydrogen-bond donors (Lipinski definition) is 3. The maximum Gasteiger partial charge on any atom is 0.154 e. The number of aromatic amines is 1. The van der Waals surface area contributed by atoms with E-state index >= 15 is 0 Å². The summed E-state index contributed by atoms with van der Waals surface area (Å²) in [5, 5.41) is 26.7. The molecule has 0 bridgehead atoms. The van der Waals surface area contributed by atoms with Crippen molar-refractivity contribution in [3.8, 4) is 11.4 Å². The number of nitrogens with zero attached hydrogens (tertiary/aromatic N) is 4. The van der Waals surface area contributed by atoms with Crippen molar-refractivity contribution in [3.05, 3.63) is 30.1 Å². The molecule has 0 unspecified atom stereocenters. The third-order valence-electron chi connectivity index (χ3n) is 7.05. The lowest BCUT2D eigenvalue weighted by Crippen LogP contribution is -2.76. The first-order valence-electron chi connectivity index (χ1n) is 9.78. The molecule has 0 amide bonds. The Labute approximate surface area is 158 Å². The van der Waals surface area contributed by atoms with Crippen LogP contribution < -0.4 is 5.32 Å². The predicted octanol–water partition coefficient (Wildman–Crippen LogP) is 3.18. The summed E-state index contributed by atoms with van der Waals surface area (Å²) in [6, 6.07) is 6.00. The van der Waals surface area contributed by atoms with Gasteiger partial charge in [0.05, 0.1) is 11.8 Å². The molecule has 7 heteroatoms. The van der Waals surface area contributed by atoms with E-state index in [-0.39, 0.29) is 11.0 Å². The van der Waals surface area contributed by atoms with Crippen molar-refractivity contribution < 1.29 is 5.11 Å². The zero-order chi connectivity index (χ0) is 18.9. The highest BCUT2D eigenvalue weighted by molar-refractivity contribution is 5.60. The van der Waals surface area contributed by atoms with Crippen LogP contribution in [0.25, 0.3) is 17.0 Å². The van der Waals surface area contributed by atoms with Gasteiger partial charge in [-0.2, -0.15) is 5.10 Å². The molecule has 7 nitrogen and oxygen atoms in total. The Balaban J connectivity index is 1.50. The zero-order valence-corrected chi connectivity index (χ0v) is 16.1. The average molecular weight is 366 g/mol. The van der Waals surface area contributed by atoms with Crippen molar-refractivity contribution >= 4 is 11.5 Å². The summed E-state index contributed by atoms with van der Waals surface area (Å²) in [7, 11) is 0. The summed E-state index contributed by atoms with van der Waals surface area (Å²) in [5.74, 6) is 0.820. The van der Waals surface area contributed by atoms with Crippen LogP contribution in [0.2, 0.25) is 0 Å². The fourth-order valence-electron chi connectivity index (χ4n) is 5.18. The van der Waals surface area contributed by atoms with E-state index in [2.05, 4.69) is 27.4 Å². The number of rotatable bonds is 5. The van der Waals surface area contributed by atoms with Gasteiger partial charge in [-0.15, -0.1) is 5.10 Å². The molecule has 2 aliphatic rings. The number of aryl methyl sites for hydroxylation is 1. The quantitative estimate of drug-likeness (QED) is 0.645. The Kier molecular flexibility index (Phi) is 3.30. The Bertz CT molecular complexity index is 1000. The summed E-state index contributed by atoms with van der Waals surface area (Å²) in [6.45, 7) is 5.97. The van der Waals surface area contributed by atoms with E-state index in [1.54, 1.807) is 0 Å². The lowest BCUT2D eigenvalue weighted by Gasteiger charge is -2.72. The molecule has 2 saturated carbocycles. The van der Waals surface area contributed by atoms with Gasteiger partial charge in [0, 0.05) is 16.6 Å². The van der Waals surface area contributed by atoms with Crippen LogP contribution in [-0.2, 0) is 6.42 Å². The van der Waals surface area contributed by atoms with E-state index in [4.69, 9.17) is 5.10 Å². The van der Waals surface area contributed by atoms with Gasteiger partial charge in [-0.05, 0) is 64.2 Å². The first kappa shape index (κ1) is 16.7. The van der Waals surface area contributed by atoms with Crippen molar-refractivity contribution in [3.63, 3.8) is 0 Å². The van der Waals surface area contributed by atoms with Crippen LogP contribution in [0.5, 0.6) is 0 Å². The van der Waals surface area contributed by atoms with E-state index in [0.717, 1.165) is 60.7 Å². The minimum atomic E-state index is -0.688. The molecule has 3 aromatic heterocycles. The number of hydrogen-bond acceptors (Lipinski definition) is 5. The summed E-state index contributed by atoms with van der Waals surface area (Å²) >= 11 is 0. The second kappa shape index (κ2) is 5.32. The third kappa shape index (κ3) is 2.15. The Morgan fingerprint density at radius 2 is 2.04 bits per heavy atom. The largest absolute Gasteiger partial charge is 0.390 e. The molecule has 0 aromatic carbocycles. The maximum atomic E-state index is 10.7. The number of anilines is 1. The van der Waals surface area contributed by atoms with Crippen LogP contribution in [0.4, 0.5) is 5.82 Å². The number of fused-ring (bicyclic) bond motifs is 2. The summed E-state index contributed by atoms with van der Waals surface area (Å²) in [4.78, 5) is 4.46. The van der Waals surface area contributed by atoms with Gasteiger partial charge < -0.3 is 10.4 Å². The number of aromatic nitrogens is 5. The van der Waals surface area contributed by atoms with Gasteiger partial charge >= 0.3 is 0 Å². The fraction of sp³-hybridized carbons (Fsp3) is 0.550. The van der Waals surface area contributed by atoms with E-state index in [1.165, 1.54) is 0 Å². The molecule has 142 valence electrons. The first-order valence-corrected chi connectivity index (χ1v) is 9.78. The summed E-state index contributed by atoms with van der Waals surface area (Å²) < 4.78 is 1.84. The molecule has 0 atom stereocenters. The minimum Gasteiger partial charge on any atom is -0.390 e. The molecular formula is C20H26N6O. The summed E-state index contributed by atoms with van der Waals surface area (Å²) in [5.41, 5.74) is 2.82. The van der Waals surface area contributed by atoms with E-state index < -0.39 is 5.60 Å². The highest BCUT2D eigenvalue weighted by Gasteiger charge is 2.71. The highest BCUT2D eigenvalue weighted by Crippen LogP contribution is 2.69. The first-order chi connectivity index (χ1) is 12.9. The fourth-order valence-corrected chi connectivity index (χ4v) is 5.18. The molecule has 0 saturated heterocycles. The van der Waals surface area contributed by atoms with Crippen molar-refractivity contribution in [1.82, 2.24) is 24.8 Å². The topological polar surface area (TPSA) is 91.1 Å². The van der Waals surface area contributed by atoms with Gasteiger partial charge in [0.25, 0.3) is 0 Å². The number of aliphatic hydroxyl groups is 1. The van der Waals surface area contributed by atoms with Crippen LogP contribution in [0.1, 0.15) is 52.1 Å². The second-order valence-corrected chi connectivity index (χ2v) is 8.61. The van der Waals surface area contributed by atoms with E-state index in [9.17, 15) is 5.11 Å². The van der Waals surface area contributed by atoms with Crippen LogP contribution in [0, 0.1) is 5.41 Å². The van der Waals surface area contributed by atoms with Crippen LogP contribution in [-0.4, -0.2) is 41.0 Å². The van der Waals surface area contributed by atoms with Crippen LogP contribution in [0.3, 0.4) is 0 Å². The smallest absolute Gasteiger partial charge is 0.154 e. The highest BCUT2D eigenvalue weighted by atomic mass is 16.3. The van der Waals surface area contributed by atoms with Gasteiger partial charge in [0.1, 0.15) is 17.2 Å². The van der Waals surface area contributed by atoms with Crippen LogP contribution >= 0.6 is 0 Å². The standard InChI is InChI=1S/C20H26N6O/c1-4-13-11-14(24-23-13)15-12-21-17-6-5-16(25-26(15)17)22-20-9-7-19(20,8-10-20)18(2,3)27/h5-6,11-12,27H,4,7-10H2,1-3H3,(H,22,25)(H,23,24). The second-order valence-electron chi connectivity index (χ2n) is 8.61. The van der Waals surface area contributed by atoms with Crippen molar-refractivity contribution in [1.29, 1.82) is 0 Å². The Morgan fingerprint density at radius 3 is 2.63 bits per heavy atom.